The highest BCUT2D eigenvalue weighted by atomic mass is 16.6. The summed E-state index contributed by atoms with van der Waals surface area (Å²) >= 11 is 0. The Morgan fingerprint density at radius 3 is 3.05 bits per heavy atom. The van der Waals surface area contributed by atoms with Gasteiger partial charge in [-0.15, -0.1) is 0 Å². The summed E-state index contributed by atoms with van der Waals surface area (Å²) in [6.45, 7) is 2.37. The van der Waals surface area contributed by atoms with Gasteiger partial charge in [-0.1, -0.05) is 0 Å². The van der Waals surface area contributed by atoms with Gasteiger partial charge in [-0.2, -0.15) is 0 Å². The Bertz CT molecular complexity index is 529. The molecule has 0 bridgehead atoms. The molecule has 1 unspecified atom stereocenters. The lowest BCUT2D eigenvalue weighted by atomic mass is 10.1. The van der Waals surface area contributed by atoms with E-state index in [4.69, 9.17) is 9.47 Å². The highest BCUT2D eigenvalue weighted by Crippen LogP contribution is 2.24. The minimum atomic E-state index is -0.534. The number of nitro benzene ring substituents is 1. The summed E-state index contributed by atoms with van der Waals surface area (Å²) in [5, 5.41) is 16.7. The first-order chi connectivity index (χ1) is 10.1. The first kappa shape index (κ1) is 15.2. The van der Waals surface area contributed by atoms with Crippen LogP contribution < -0.4 is 15.4 Å². The van der Waals surface area contributed by atoms with Gasteiger partial charge < -0.3 is 20.1 Å². The van der Waals surface area contributed by atoms with Crippen LogP contribution in [0.3, 0.4) is 0 Å². The minimum absolute atomic E-state index is 0.0618. The van der Waals surface area contributed by atoms with E-state index in [0.717, 1.165) is 6.54 Å². The van der Waals surface area contributed by atoms with Gasteiger partial charge in [0.1, 0.15) is 5.75 Å². The normalized spacial score (nSPS) is 18.0. The zero-order valence-corrected chi connectivity index (χ0v) is 11.6. The van der Waals surface area contributed by atoms with Gasteiger partial charge >= 0.3 is 0 Å². The molecule has 0 spiro atoms. The predicted octanol–water partition coefficient (Wildman–Crippen LogP) is 0.322. The second-order valence-electron chi connectivity index (χ2n) is 4.58. The number of hydrogen-bond donors (Lipinski definition) is 2. The fourth-order valence-electron chi connectivity index (χ4n) is 2.04. The number of benzene rings is 1. The van der Waals surface area contributed by atoms with Crippen molar-refractivity contribution in [3.63, 3.8) is 0 Å². The van der Waals surface area contributed by atoms with Crippen LogP contribution in [0.2, 0.25) is 0 Å². The number of rotatable bonds is 5. The molecule has 1 atom stereocenters. The fourth-order valence-corrected chi connectivity index (χ4v) is 2.04. The topological polar surface area (TPSA) is 103 Å². The minimum Gasteiger partial charge on any atom is -0.496 e. The Labute approximate surface area is 121 Å². The SMILES string of the molecule is COc1cc([N+](=O)[O-])ccc1C(=O)NCC1COCCN1. The largest absolute Gasteiger partial charge is 0.496 e. The maximum Gasteiger partial charge on any atom is 0.273 e. The van der Waals surface area contributed by atoms with Crippen LogP contribution in [-0.2, 0) is 4.74 Å². The molecule has 2 rings (SSSR count). The molecule has 1 aromatic rings. The Morgan fingerprint density at radius 2 is 2.43 bits per heavy atom. The Hall–Kier alpha value is -2.19. The number of hydrogen-bond acceptors (Lipinski definition) is 6. The summed E-state index contributed by atoms with van der Waals surface area (Å²) in [6, 6.07) is 3.96. The van der Waals surface area contributed by atoms with Crippen molar-refractivity contribution in [2.75, 3.05) is 33.4 Å². The number of methoxy groups -OCH3 is 1. The van der Waals surface area contributed by atoms with Crippen molar-refractivity contribution in [2.45, 2.75) is 6.04 Å². The van der Waals surface area contributed by atoms with E-state index in [2.05, 4.69) is 10.6 Å². The first-order valence-electron chi connectivity index (χ1n) is 6.53. The van der Waals surface area contributed by atoms with E-state index >= 15 is 0 Å². The lowest BCUT2D eigenvalue weighted by molar-refractivity contribution is -0.384. The summed E-state index contributed by atoms with van der Waals surface area (Å²) < 4.78 is 10.3. The summed E-state index contributed by atoms with van der Waals surface area (Å²) in [7, 11) is 1.37. The van der Waals surface area contributed by atoms with Crippen molar-refractivity contribution in [3.8, 4) is 5.75 Å². The third-order valence-electron chi connectivity index (χ3n) is 3.15. The molecule has 2 N–H and O–H groups in total. The molecule has 1 aliphatic heterocycles. The number of nitrogens with one attached hydrogen (secondary N) is 2. The van der Waals surface area contributed by atoms with E-state index in [0.29, 0.717) is 19.8 Å². The van der Waals surface area contributed by atoms with Gasteiger partial charge in [-0.25, -0.2) is 0 Å². The van der Waals surface area contributed by atoms with Crippen LogP contribution in [0.15, 0.2) is 18.2 Å². The standard InChI is InChI=1S/C13H17N3O5/c1-20-12-6-10(16(18)19)2-3-11(12)13(17)15-7-9-8-21-5-4-14-9/h2-3,6,9,14H,4-5,7-8H2,1H3,(H,15,17). The monoisotopic (exact) mass is 295 g/mol. The van der Waals surface area contributed by atoms with E-state index in [9.17, 15) is 14.9 Å². The van der Waals surface area contributed by atoms with Gasteiger partial charge in [0.25, 0.3) is 11.6 Å². The summed E-state index contributed by atoms with van der Waals surface area (Å²) in [5.74, 6) is -0.163. The zero-order chi connectivity index (χ0) is 15.2. The maximum atomic E-state index is 12.1. The number of nitro groups is 1. The van der Waals surface area contributed by atoms with Gasteiger partial charge in [-0.3, -0.25) is 14.9 Å². The van der Waals surface area contributed by atoms with E-state index in [1.54, 1.807) is 0 Å². The number of ether oxygens (including phenoxy) is 2. The number of non-ortho nitro benzene ring substituents is 1. The van der Waals surface area contributed by atoms with Crippen molar-refractivity contribution < 1.29 is 19.2 Å². The van der Waals surface area contributed by atoms with E-state index < -0.39 is 4.92 Å². The maximum absolute atomic E-state index is 12.1. The molecule has 1 aromatic carbocycles. The van der Waals surface area contributed by atoms with Crippen molar-refractivity contribution in [3.05, 3.63) is 33.9 Å². The first-order valence-corrected chi connectivity index (χ1v) is 6.53. The number of nitrogens with zero attached hydrogens (tertiary/aromatic N) is 1. The van der Waals surface area contributed by atoms with Crippen LogP contribution in [-0.4, -0.2) is 50.3 Å². The van der Waals surface area contributed by atoms with Crippen molar-refractivity contribution in [1.29, 1.82) is 0 Å². The number of amides is 1. The lowest BCUT2D eigenvalue weighted by Gasteiger charge is -2.24. The van der Waals surface area contributed by atoms with Gasteiger partial charge in [0.15, 0.2) is 0 Å². The highest BCUT2D eigenvalue weighted by molar-refractivity contribution is 5.97. The fraction of sp³-hybridized carbons (Fsp3) is 0.462. The molecular formula is C13H17N3O5. The van der Waals surface area contributed by atoms with Crippen LogP contribution in [0, 0.1) is 10.1 Å². The number of carbonyl (C=O) groups excluding carboxylic acids is 1. The predicted molar refractivity (Wildman–Crippen MR) is 74.6 cm³/mol. The van der Waals surface area contributed by atoms with Crippen LogP contribution in [0.4, 0.5) is 5.69 Å². The van der Waals surface area contributed by atoms with Crippen molar-refractivity contribution in [1.82, 2.24) is 10.6 Å². The van der Waals surface area contributed by atoms with Crippen LogP contribution >= 0.6 is 0 Å². The molecular weight excluding hydrogens is 278 g/mol. The quantitative estimate of drug-likeness (QED) is 0.599. The molecule has 0 saturated carbocycles. The molecule has 0 aromatic heterocycles. The Morgan fingerprint density at radius 1 is 1.62 bits per heavy atom. The third-order valence-corrected chi connectivity index (χ3v) is 3.15. The summed E-state index contributed by atoms with van der Waals surface area (Å²) in [5.41, 5.74) is 0.144. The van der Waals surface area contributed by atoms with E-state index in [-0.39, 0.29) is 28.9 Å². The highest BCUT2D eigenvalue weighted by Gasteiger charge is 2.19. The molecule has 21 heavy (non-hydrogen) atoms. The molecule has 1 fully saturated rings. The molecule has 0 radical (unpaired) electrons. The summed E-state index contributed by atoms with van der Waals surface area (Å²) in [4.78, 5) is 22.3. The molecule has 1 heterocycles. The smallest absolute Gasteiger partial charge is 0.273 e. The molecule has 1 amide bonds. The average molecular weight is 295 g/mol. The molecule has 8 heteroatoms. The van der Waals surface area contributed by atoms with Gasteiger partial charge in [-0.05, 0) is 6.07 Å². The van der Waals surface area contributed by atoms with Gasteiger partial charge in [0.2, 0.25) is 0 Å². The van der Waals surface area contributed by atoms with E-state index in [1.165, 1.54) is 25.3 Å². The molecule has 1 saturated heterocycles. The molecule has 1 aliphatic rings. The van der Waals surface area contributed by atoms with Crippen molar-refractivity contribution >= 4 is 11.6 Å². The van der Waals surface area contributed by atoms with Gasteiger partial charge in [0, 0.05) is 25.2 Å². The third kappa shape index (κ3) is 3.89. The average Bonchev–Trinajstić information content (AvgIpc) is 2.52. The van der Waals surface area contributed by atoms with Crippen LogP contribution in [0.1, 0.15) is 10.4 Å². The van der Waals surface area contributed by atoms with E-state index in [1.807, 2.05) is 0 Å². The van der Waals surface area contributed by atoms with Crippen LogP contribution in [0.25, 0.3) is 0 Å². The zero-order valence-electron chi connectivity index (χ0n) is 11.6. The second-order valence-corrected chi connectivity index (χ2v) is 4.58. The summed E-state index contributed by atoms with van der Waals surface area (Å²) in [6.07, 6.45) is 0. The van der Waals surface area contributed by atoms with Crippen LogP contribution in [0.5, 0.6) is 5.75 Å². The number of morpholine rings is 1. The lowest BCUT2D eigenvalue weighted by Crippen LogP contribution is -2.48. The molecule has 0 aliphatic carbocycles. The van der Waals surface area contributed by atoms with Crippen molar-refractivity contribution in [2.24, 2.45) is 0 Å². The Balaban J connectivity index is 2.02. The molecule has 8 nitrogen and oxygen atoms in total. The van der Waals surface area contributed by atoms with Gasteiger partial charge in [0.05, 0.1) is 36.9 Å². The second kappa shape index (κ2) is 7.00. The molecule has 114 valence electrons. The number of carbonyl (C=O) groups is 1. The Kier molecular flexibility index (Phi) is 5.07.